The summed E-state index contributed by atoms with van der Waals surface area (Å²) >= 11 is 6.23. The van der Waals surface area contributed by atoms with Gasteiger partial charge in [-0.3, -0.25) is 0 Å². The van der Waals surface area contributed by atoms with Crippen molar-refractivity contribution in [3.63, 3.8) is 0 Å². The molecule has 0 amide bonds. The van der Waals surface area contributed by atoms with Gasteiger partial charge in [0.2, 0.25) is 5.89 Å². The van der Waals surface area contributed by atoms with Crippen LogP contribution in [-0.2, 0) is 15.3 Å². The highest BCUT2D eigenvalue weighted by atomic mass is 35.5. The smallest absolute Gasteiger partial charge is 0.200 e. The maximum absolute atomic E-state index is 13.1. The van der Waals surface area contributed by atoms with E-state index in [0.29, 0.717) is 31.8 Å². The molecule has 0 saturated carbocycles. The van der Waals surface area contributed by atoms with E-state index in [9.17, 15) is 8.42 Å². The number of aromatic nitrogens is 1. The molecule has 2 heterocycles. The Kier molecular flexibility index (Phi) is 3.86. The number of sulfone groups is 1. The summed E-state index contributed by atoms with van der Waals surface area (Å²) < 4.78 is 40.1. The molecule has 0 spiro atoms. The third-order valence-electron chi connectivity index (χ3n) is 4.04. The fourth-order valence-electron chi connectivity index (χ4n) is 2.74. The molecule has 5 nitrogen and oxygen atoms in total. The van der Waals surface area contributed by atoms with Gasteiger partial charge in [-0.15, -0.1) is 0 Å². The number of hydrogen-bond acceptors (Lipinski definition) is 5. The minimum Gasteiger partial charge on any atom is -0.439 e. The second-order valence-electron chi connectivity index (χ2n) is 6.91. The summed E-state index contributed by atoms with van der Waals surface area (Å²) in [6.07, 6.45) is 1.06. The molecule has 0 unspecified atom stereocenters. The number of hydrogen-bond donors (Lipinski definition) is 1. The number of nitrogens with zero attached hydrogens (tertiary/aromatic N) is 1. The zero-order chi connectivity index (χ0) is 17.7. The Labute approximate surface area is 142 Å². The quantitative estimate of drug-likeness (QED) is 0.892. The van der Waals surface area contributed by atoms with Gasteiger partial charge in [-0.1, -0.05) is 32.4 Å². The normalized spacial score (nSPS) is 18.3. The van der Waals surface area contributed by atoms with Crippen LogP contribution in [0.2, 0.25) is 5.02 Å². The molecule has 1 aliphatic rings. The van der Waals surface area contributed by atoms with Crippen LogP contribution in [0.15, 0.2) is 21.4 Å². The number of rotatable bonds is 2. The maximum Gasteiger partial charge on any atom is 0.200 e. The molecule has 1 saturated heterocycles. The van der Waals surface area contributed by atoms with Crippen LogP contribution in [0, 0.1) is 0 Å². The Bertz CT molecular complexity index is 881. The van der Waals surface area contributed by atoms with Gasteiger partial charge >= 0.3 is 0 Å². The minimum absolute atomic E-state index is 0.0231. The predicted octanol–water partition coefficient (Wildman–Crippen LogP) is 3.30. The molecule has 1 aromatic carbocycles. The van der Waals surface area contributed by atoms with Crippen LogP contribution in [0.1, 0.15) is 40.9 Å². The van der Waals surface area contributed by atoms with Crippen molar-refractivity contribution >= 4 is 32.5 Å². The van der Waals surface area contributed by atoms with E-state index in [4.69, 9.17) is 17.4 Å². The van der Waals surface area contributed by atoms with Gasteiger partial charge in [0.25, 0.3) is 0 Å². The van der Waals surface area contributed by atoms with E-state index in [-0.39, 0.29) is 27.1 Å². The summed E-state index contributed by atoms with van der Waals surface area (Å²) in [7, 11) is -3.66. The Morgan fingerprint density at radius 3 is 2.65 bits per heavy atom. The summed E-state index contributed by atoms with van der Waals surface area (Å²) in [4.78, 5) is 4.33. The lowest BCUT2D eigenvalue weighted by Gasteiger charge is -2.23. The Morgan fingerprint density at radius 2 is 2.04 bits per heavy atom. The highest BCUT2D eigenvalue weighted by Crippen LogP contribution is 2.36. The largest absolute Gasteiger partial charge is 0.439 e. The van der Waals surface area contributed by atoms with Crippen molar-refractivity contribution < 1.29 is 14.2 Å². The third-order valence-corrected chi connectivity index (χ3v) is 6.77. The molecule has 2 aromatic rings. The van der Waals surface area contributed by atoms with E-state index in [1.165, 1.54) is 6.07 Å². The van der Waals surface area contributed by atoms with E-state index in [0.717, 1.165) is 0 Å². The van der Waals surface area contributed by atoms with Crippen molar-refractivity contribution in [2.45, 2.75) is 49.2 Å². The first-order chi connectivity index (χ1) is 11.1. The van der Waals surface area contributed by atoms with Gasteiger partial charge in [-0.2, -0.15) is 0 Å². The lowest BCUT2D eigenvalue weighted by atomic mass is 9.97. The van der Waals surface area contributed by atoms with Crippen molar-refractivity contribution in [1.29, 1.82) is 0 Å². The Morgan fingerprint density at radius 1 is 1.39 bits per heavy atom. The maximum atomic E-state index is 13.1. The van der Waals surface area contributed by atoms with Gasteiger partial charge in [0.05, 0.1) is 11.6 Å². The highest BCUT2D eigenvalue weighted by molar-refractivity contribution is 7.92. The average Bonchev–Trinajstić information content (AvgIpc) is 2.93. The van der Waals surface area contributed by atoms with Gasteiger partial charge in [-0.05, 0) is 38.0 Å². The van der Waals surface area contributed by atoms with Crippen LogP contribution >= 0.6 is 11.6 Å². The molecule has 1 N–H and O–H groups in total. The van der Waals surface area contributed by atoms with Crippen molar-refractivity contribution in [3.05, 3.63) is 23.0 Å². The van der Waals surface area contributed by atoms with Gasteiger partial charge in [0.1, 0.15) is 10.4 Å². The lowest BCUT2D eigenvalue weighted by Crippen LogP contribution is -2.35. The first-order valence-corrected chi connectivity index (χ1v) is 9.59. The highest BCUT2D eigenvalue weighted by Gasteiger charge is 2.34. The number of fused-ring (bicyclic) bond motifs is 1. The summed E-state index contributed by atoms with van der Waals surface area (Å²) in [6.45, 7) is 7.08. The SMILES string of the molecule is [2H]c1cc(Cl)c(S(=O)(=O)C2CCNCC2)c2oc(C(C)(C)C)nc12. The second-order valence-corrected chi connectivity index (χ2v) is 9.48. The minimum atomic E-state index is -3.66. The number of oxazole rings is 1. The molecule has 7 heteroatoms. The molecule has 3 rings (SSSR count). The topological polar surface area (TPSA) is 72.2 Å². The molecular formula is C16H21ClN2O3S. The first-order valence-electron chi connectivity index (χ1n) is 8.17. The Balaban J connectivity index is 2.25. The summed E-state index contributed by atoms with van der Waals surface area (Å²) in [6, 6.07) is 1.41. The van der Waals surface area contributed by atoms with Crippen LogP contribution in [-0.4, -0.2) is 31.7 Å². The van der Waals surface area contributed by atoms with E-state index in [1.54, 1.807) is 0 Å². The molecule has 0 aliphatic carbocycles. The van der Waals surface area contributed by atoms with E-state index in [2.05, 4.69) is 10.3 Å². The summed E-state index contributed by atoms with van der Waals surface area (Å²) in [5.41, 5.74) is -0.0407. The van der Waals surface area contributed by atoms with Crippen molar-refractivity contribution in [2.24, 2.45) is 0 Å². The second kappa shape index (κ2) is 5.76. The summed E-state index contributed by atoms with van der Waals surface area (Å²) in [5.74, 6) is 0.398. The number of benzene rings is 1. The zero-order valence-corrected chi connectivity index (χ0v) is 15.0. The molecule has 0 atom stereocenters. The molecule has 23 heavy (non-hydrogen) atoms. The van der Waals surface area contributed by atoms with Crippen LogP contribution in [0.4, 0.5) is 0 Å². The van der Waals surface area contributed by atoms with Crippen LogP contribution < -0.4 is 5.32 Å². The third kappa shape index (κ3) is 2.99. The van der Waals surface area contributed by atoms with Gasteiger partial charge in [0.15, 0.2) is 15.4 Å². The fourth-order valence-corrected chi connectivity index (χ4v) is 5.12. The fraction of sp³-hybridized carbons (Fsp3) is 0.562. The molecule has 1 aromatic heterocycles. The zero-order valence-electron chi connectivity index (χ0n) is 14.4. The van der Waals surface area contributed by atoms with Crippen LogP contribution in [0.25, 0.3) is 11.1 Å². The monoisotopic (exact) mass is 357 g/mol. The number of halogens is 1. The molecule has 126 valence electrons. The van der Waals surface area contributed by atoms with Gasteiger partial charge in [-0.25, -0.2) is 13.4 Å². The predicted molar refractivity (Wildman–Crippen MR) is 90.8 cm³/mol. The van der Waals surface area contributed by atoms with Crippen LogP contribution in [0.5, 0.6) is 0 Å². The van der Waals surface area contributed by atoms with E-state index >= 15 is 0 Å². The molecule has 1 fully saturated rings. The first kappa shape index (κ1) is 15.4. The lowest BCUT2D eigenvalue weighted by molar-refractivity contribution is 0.408. The number of nitrogens with one attached hydrogen (secondary N) is 1. The average molecular weight is 358 g/mol. The van der Waals surface area contributed by atoms with Crippen molar-refractivity contribution in [2.75, 3.05) is 13.1 Å². The standard InChI is InChI=1S/C16H21ClN2O3S/c1-16(2,3)15-19-12-5-4-11(17)14(13(12)22-15)23(20,21)10-6-8-18-9-7-10/h4-5,10,18H,6-9H2,1-3H3/i5D. The summed E-state index contributed by atoms with van der Waals surface area (Å²) in [5, 5.41) is 2.69. The van der Waals surface area contributed by atoms with Crippen molar-refractivity contribution in [3.8, 4) is 0 Å². The number of piperidine rings is 1. The molecule has 0 radical (unpaired) electrons. The molecule has 1 aliphatic heterocycles. The van der Waals surface area contributed by atoms with E-state index < -0.39 is 20.5 Å². The van der Waals surface area contributed by atoms with Crippen LogP contribution in [0.3, 0.4) is 0 Å². The van der Waals surface area contributed by atoms with Crippen molar-refractivity contribution in [1.82, 2.24) is 10.3 Å². The molecule has 0 bridgehead atoms. The van der Waals surface area contributed by atoms with E-state index in [1.807, 2.05) is 20.8 Å². The Hall–Kier alpha value is -1.11. The van der Waals surface area contributed by atoms with Gasteiger partial charge < -0.3 is 9.73 Å². The molecular weight excluding hydrogens is 336 g/mol. The van der Waals surface area contributed by atoms with Gasteiger partial charge in [0, 0.05) is 5.41 Å².